The van der Waals surface area contributed by atoms with Crippen LogP contribution in [0.3, 0.4) is 0 Å². The molecule has 2 rings (SSSR count). The summed E-state index contributed by atoms with van der Waals surface area (Å²) in [7, 11) is 0.289. The summed E-state index contributed by atoms with van der Waals surface area (Å²) in [6.45, 7) is 0.0344. The first kappa shape index (κ1) is 17.4. The van der Waals surface area contributed by atoms with Crippen molar-refractivity contribution in [3.05, 3.63) is 59.1 Å². The number of nitrogens with zero attached hydrogens (tertiary/aromatic N) is 1. The highest BCUT2D eigenvalue weighted by Gasteiger charge is 2.12. The van der Waals surface area contributed by atoms with E-state index >= 15 is 0 Å². The zero-order valence-electron chi connectivity index (χ0n) is 12.9. The molecule has 0 heterocycles. The molecule has 0 amide bonds. The van der Waals surface area contributed by atoms with Crippen LogP contribution in [0.25, 0.3) is 0 Å². The fourth-order valence-electron chi connectivity index (χ4n) is 1.94. The topological polar surface area (TPSA) is 49.4 Å². The lowest BCUT2D eigenvalue weighted by Crippen LogP contribution is -2.23. The summed E-state index contributed by atoms with van der Waals surface area (Å²) >= 11 is 5.76. The Kier molecular flexibility index (Phi) is 5.67. The Morgan fingerprint density at radius 1 is 1.09 bits per heavy atom. The summed E-state index contributed by atoms with van der Waals surface area (Å²) < 4.78 is 26.7. The van der Waals surface area contributed by atoms with Gasteiger partial charge in [-0.2, -0.15) is 4.72 Å². The molecular weight excluding hydrogens is 332 g/mol. The summed E-state index contributed by atoms with van der Waals surface area (Å²) in [5, 5.41) is 0.490. The molecule has 1 N–H and O–H groups in total. The molecule has 0 aliphatic heterocycles. The van der Waals surface area contributed by atoms with Crippen molar-refractivity contribution >= 4 is 27.3 Å². The number of hydrogen-bond acceptors (Lipinski definition) is 3. The molecule has 0 spiro atoms. The average Bonchev–Trinajstić information content (AvgIpc) is 2.52. The number of para-hydroxylation sites is 1. The van der Waals surface area contributed by atoms with Crippen molar-refractivity contribution < 1.29 is 8.42 Å². The van der Waals surface area contributed by atoms with Gasteiger partial charge in [0.1, 0.15) is 0 Å². The van der Waals surface area contributed by atoms with Crippen molar-refractivity contribution in [3.8, 4) is 11.8 Å². The second-order valence-electron chi connectivity index (χ2n) is 4.99. The van der Waals surface area contributed by atoms with E-state index in [0.29, 0.717) is 5.02 Å². The van der Waals surface area contributed by atoms with Crippen LogP contribution in [0.15, 0.2) is 53.4 Å². The van der Waals surface area contributed by atoms with Gasteiger partial charge in [0.15, 0.2) is 0 Å². The summed E-state index contributed by atoms with van der Waals surface area (Å²) in [6.07, 6.45) is 0. The van der Waals surface area contributed by atoms with Gasteiger partial charge in [0.05, 0.1) is 17.1 Å². The van der Waals surface area contributed by atoms with Crippen molar-refractivity contribution in [2.75, 3.05) is 25.5 Å². The Hall–Kier alpha value is -2.00. The molecule has 6 heteroatoms. The number of sulfonamides is 1. The van der Waals surface area contributed by atoms with Crippen LogP contribution in [-0.4, -0.2) is 29.1 Å². The number of halogens is 1. The highest BCUT2D eigenvalue weighted by molar-refractivity contribution is 7.89. The van der Waals surface area contributed by atoms with Crippen LogP contribution >= 0.6 is 11.6 Å². The van der Waals surface area contributed by atoms with E-state index in [1.54, 1.807) is 0 Å². The second kappa shape index (κ2) is 7.51. The molecule has 0 aliphatic rings. The molecule has 0 saturated carbocycles. The Morgan fingerprint density at radius 3 is 2.39 bits per heavy atom. The Labute approximate surface area is 142 Å². The quantitative estimate of drug-likeness (QED) is 0.864. The van der Waals surface area contributed by atoms with Gasteiger partial charge in [0, 0.05) is 24.7 Å². The summed E-state index contributed by atoms with van der Waals surface area (Å²) in [5.74, 6) is 5.83. The van der Waals surface area contributed by atoms with Gasteiger partial charge in [-0.15, -0.1) is 0 Å². The van der Waals surface area contributed by atoms with E-state index < -0.39 is 10.0 Å². The number of anilines is 1. The predicted molar refractivity (Wildman–Crippen MR) is 94.3 cm³/mol. The van der Waals surface area contributed by atoms with Gasteiger partial charge in [-0.1, -0.05) is 35.6 Å². The number of rotatable bonds is 4. The van der Waals surface area contributed by atoms with E-state index in [1.165, 1.54) is 24.3 Å². The van der Waals surface area contributed by atoms with Gasteiger partial charge >= 0.3 is 0 Å². The molecule has 0 saturated heterocycles. The SMILES string of the molecule is CN(C)c1ccccc1C#CCNS(=O)(=O)c1ccc(Cl)cc1. The van der Waals surface area contributed by atoms with E-state index in [-0.39, 0.29) is 11.4 Å². The lowest BCUT2D eigenvalue weighted by Gasteiger charge is -2.13. The van der Waals surface area contributed by atoms with Crippen molar-refractivity contribution in [1.29, 1.82) is 0 Å². The normalized spacial score (nSPS) is 10.7. The van der Waals surface area contributed by atoms with E-state index in [0.717, 1.165) is 11.3 Å². The van der Waals surface area contributed by atoms with E-state index in [9.17, 15) is 8.42 Å². The molecular formula is C17H17ClN2O2S. The molecule has 2 aromatic rings. The highest BCUT2D eigenvalue weighted by Crippen LogP contribution is 2.16. The third kappa shape index (κ3) is 4.73. The molecule has 120 valence electrons. The number of benzene rings is 2. The van der Waals surface area contributed by atoms with E-state index in [4.69, 9.17) is 11.6 Å². The first-order valence-electron chi connectivity index (χ1n) is 6.90. The standard InChI is InChI=1S/C17H17ClN2O2S/c1-20(2)17-8-4-3-6-14(17)7-5-13-19-23(21,22)16-11-9-15(18)10-12-16/h3-4,6,8-12,19H,13H2,1-2H3. The minimum Gasteiger partial charge on any atom is -0.377 e. The third-order valence-electron chi connectivity index (χ3n) is 3.08. The first-order valence-corrected chi connectivity index (χ1v) is 8.77. The lowest BCUT2D eigenvalue weighted by molar-refractivity contribution is 0.586. The first-order chi connectivity index (χ1) is 10.9. The number of nitrogens with one attached hydrogen (secondary N) is 1. The molecule has 0 unspecified atom stereocenters. The van der Waals surface area contributed by atoms with Crippen LogP contribution < -0.4 is 9.62 Å². The minimum atomic E-state index is -3.58. The maximum absolute atomic E-state index is 12.1. The zero-order chi connectivity index (χ0) is 16.9. The monoisotopic (exact) mass is 348 g/mol. The second-order valence-corrected chi connectivity index (χ2v) is 7.20. The van der Waals surface area contributed by atoms with Gasteiger partial charge in [-0.25, -0.2) is 8.42 Å². The molecule has 0 bridgehead atoms. The van der Waals surface area contributed by atoms with Gasteiger partial charge in [0.2, 0.25) is 10.0 Å². The molecule has 0 atom stereocenters. The fourth-order valence-corrected chi connectivity index (χ4v) is 2.99. The maximum atomic E-state index is 12.1. The van der Waals surface area contributed by atoms with Crippen LogP contribution in [0.5, 0.6) is 0 Å². The van der Waals surface area contributed by atoms with Crippen LogP contribution in [-0.2, 0) is 10.0 Å². The van der Waals surface area contributed by atoms with Crippen molar-refractivity contribution in [2.45, 2.75) is 4.90 Å². The molecule has 2 aromatic carbocycles. The lowest BCUT2D eigenvalue weighted by atomic mass is 10.1. The van der Waals surface area contributed by atoms with Gasteiger partial charge < -0.3 is 4.90 Å². The molecule has 23 heavy (non-hydrogen) atoms. The van der Waals surface area contributed by atoms with E-state index in [2.05, 4.69) is 16.6 Å². The van der Waals surface area contributed by atoms with Crippen molar-refractivity contribution in [3.63, 3.8) is 0 Å². The summed E-state index contributed by atoms with van der Waals surface area (Å²) in [6, 6.07) is 13.7. The minimum absolute atomic E-state index is 0.0344. The van der Waals surface area contributed by atoms with Gasteiger partial charge in [-0.05, 0) is 36.4 Å². The van der Waals surface area contributed by atoms with Crippen LogP contribution in [0.2, 0.25) is 5.02 Å². The number of hydrogen-bond donors (Lipinski definition) is 1. The zero-order valence-corrected chi connectivity index (χ0v) is 14.4. The largest absolute Gasteiger partial charge is 0.377 e. The highest BCUT2D eigenvalue weighted by atomic mass is 35.5. The maximum Gasteiger partial charge on any atom is 0.241 e. The molecule has 0 aromatic heterocycles. The smallest absolute Gasteiger partial charge is 0.241 e. The van der Waals surface area contributed by atoms with Crippen LogP contribution in [0, 0.1) is 11.8 Å². The summed E-state index contributed by atoms with van der Waals surface area (Å²) in [5.41, 5.74) is 1.84. The van der Waals surface area contributed by atoms with Crippen molar-refractivity contribution in [2.24, 2.45) is 0 Å². The fraction of sp³-hybridized carbons (Fsp3) is 0.176. The molecule has 0 radical (unpaired) electrons. The molecule has 0 aliphatic carbocycles. The Balaban J connectivity index is 2.07. The predicted octanol–water partition coefficient (Wildman–Crippen LogP) is 2.74. The summed E-state index contributed by atoms with van der Waals surface area (Å²) in [4.78, 5) is 2.12. The van der Waals surface area contributed by atoms with Crippen LogP contribution in [0.4, 0.5) is 5.69 Å². The molecule has 0 fully saturated rings. The van der Waals surface area contributed by atoms with Crippen LogP contribution in [0.1, 0.15) is 5.56 Å². The average molecular weight is 349 g/mol. The van der Waals surface area contributed by atoms with Crippen molar-refractivity contribution in [1.82, 2.24) is 4.72 Å². The van der Waals surface area contributed by atoms with E-state index in [1.807, 2.05) is 43.3 Å². The Morgan fingerprint density at radius 2 is 1.74 bits per heavy atom. The van der Waals surface area contributed by atoms with Gasteiger partial charge in [-0.3, -0.25) is 0 Å². The Bertz CT molecular complexity index is 835. The third-order valence-corrected chi connectivity index (χ3v) is 4.75. The van der Waals surface area contributed by atoms with Gasteiger partial charge in [0.25, 0.3) is 0 Å². The molecule has 4 nitrogen and oxygen atoms in total.